The fraction of sp³-hybridized carbons (Fsp3) is 0.393. The third-order valence-corrected chi connectivity index (χ3v) is 7.39. The van der Waals surface area contributed by atoms with Crippen LogP contribution < -0.4 is 20.5 Å². The number of likely N-dealkylation sites (tertiary alicyclic amines) is 1. The molecular formula is C28H32N4O4. The van der Waals surface area contributed by atoms with Gasteiger partial charge in [-0.05, 0) is 50.5 Å². The molecule has 1 saturated heterocycles. The molecule has 0 unspecified atom stereocenters. The van der Waals surface area contributed by atoms with Crippen molar-refractivity contribution in [3.05, 3.63) is 60.3 Å². The molecule has 2 bridgehead atoms. The lowest BCUT2D eigenvalue weighted by molar-refractivity contribution is -0.175. The molecule has 4 atom stereocenters. The second-order valence-electron chi connectivity index (χ2n) is 9.93. The number of aromatic nitrogens is 1. The Morgan fingerprint density at radius 1 is 1.31 bits per heavy atom. The Bertz CT molecular complexity index is 1310. The Morgan fingerprint density at radius 2 is 2.11 bits per heavy atom. The lowest BCUT2D eigenvalue weighted by Crippen LogP contribution is -2.64. The van der Waals surface area contributed by atoms with Crippen molar-refractivity contribution >= 4 is 28.4 Å². The molecule has 5 rings (SSSR count). The van der Waals surface area contributed by atoms with E-state index in [1.807, 2.05) is 55.5 Å². The monoisotopic (exact) mass is 488 g/mol. The van der Waals surface area contributed by atoms with Crippen LogP contribution in [0.1, 0.15) is 44.6 Å². The van der Waals surface area contributed by atoms with Gasteiger partial charge in [0.25, 0.3) is 0 Å². The van der Waals surface area contributed by atoms with Crippen LogP contribution in [-0.2, 0) is 9.59 Å². The van der Waals surface area contributed by atoms with E-state index < -0.39 is 17.6 Å². The molecule has 8 nitrogen and oxygen atoms in total. The number of amides is 2. The molecule has 1 fully saturated rings. The van der Waals surface area contributed by atoms with Gasteiger partial charge in [-0.1, -0.05) is 24.3 Å². The number of fused-ring (bicyclic) bond motifs is 5. The zero-order chi connectivity index (χ0) is 25.4. The lowest BCUT2D eigenvalue weighted by atomic mass is 9.73. The first kappa shape index (κ1) is 23.9. The molecule has 0 saturated carbocycles. The topological polar surface area (TPSA) is 107 Å². The predicted molar refractivity (Wildman–Crippen MR) is 138 cm³/mol. The van der Waals surface area contributed by atoms with Gasteiger partial charge in [0.05, 0.1) is 18.3 Å². The number of hydrogen-bond acceptors (Lipinski definition) is 6. The number of para-hydroxylation sites is 1. The molecule has 2 aliphatic heterocycles. The van der Waals surface area contributed by atoms with Crippen LogP contribution in [0.15, 0.2) is 54.7 Å². The molecule has 2 aliphatic rings. The van der Waals surface area contributed by atoms with Crippen molar-refractivity contribution in [3.8, 4) is 11.5 Å². The highest BCUT2D eigenvalue weighted by atomic mass is 16.5. The largest absolute Gasteiger partial charge is 0.497 e. The number of pyridine rings is 1. The summed E-state index contributed by atoms with van der Waals surface area (Å²) in [6.07, 6.45) is 3.84. The fourth-order valence-electron chi connectivity index (χ4n) is 5.66. The van der Waals surface area contributed by atoms with E-state index in [9.17, 15) is 9.59 Å². The number of benzene rings is 2. The Balaban J connectivity index is 1.30. The normalized spacial score (nSPS) is 23.5. The van der Waals surface area contributed by atoms with E-state index in [1.165, 1.54) is 0 Å². The summed E-state index contributed by atoms with van der Waals surface area (Å²) in [6.45, 7) is 4.50. The van der Waals surface area contributed by atoms with Crippen LogP contribution in [0.2, 0.25) is 0 Å². The van der Waals surface area contributed by atoms with Crippen molar-refractivity contribution < 1.29 is 19.1 Å². The number of nitrogens with zero attached hydrogens (tertiary/aromatic N) is 2. The minimum atomic E-state index is -0.882. The van der Waals surface area contributed by atoms with Crippen molar-refractivity contribution in [1.29, 1.82) is 0 Å². The number of carbonyl (C=O) groups is 2. The quantitative estimate of drug-likeness (QED) is 0.463. The molecule has 3 N–H and O–H groups in total. The maximum Gasteiger partial charge on any atom is 0.238 e. The van der Waals surface area contributed by atoms with Crippen molar-refractivity contribution in [1.82, 2.24) is 9.88 Å². The Morgan fingerprint density at radius 3 is 2.89 bits per heavy atom. The van der Waals surface area contributed by atoms with Gasteiger partial charge in [0.15, 0.2) is 5.72 Å². The van der Waals surface area contributed by atoms with Crippen LogP contribution in [0.5, 0.6) is 11.5 Å². The minimum Gasteiger partial charge on any atom is -0.497 e. The second kappa shape index (κ2) is 9.33. The van der Waals surface area contributed by atoms with Crippen LogP contribution in [0.3, 0.4) is 0 Å². The van der Waals surface area contributed by atoms with Crippen molar-refractivity contribution in [2.75, 3.05) is 19.0 Å². The summed E-state index contributed by atoms with van der Waals surface area (Å²) in [5.74, 6) is -0.504. The standard InChI is InChI=1S/C28H32N4O4/c1-17(31-22-15-19(35-3)14-18-9-6-12-30-25(18)22)8-7-13-32-27(34)24(26(29)33)21-16-28(32,2)36-23-11-5-4-10-20(21)23/h4-6,9-12,14-15,17,21,24,31H,7-8,13,16H2,1-3H3,(H2,29,33)/t17-,21+,24+,28-/m1/s1. The minimum absolute atomic E-state index is 0.114. The van der Waals surface area contributed by atoms with Gasteiger partial charge in [-0.2, -0.15) is 0 Å². The number of rotatable bonds is 8. The summed E-state index contributed by atoms with van der Waals surface area (Å²) in [6, 6.07) is 15.6. The van der Waals surface area contributed by atoms with Gasteiger partial charge in [0.1, 0.15) is 17.4 Å². The van der Waals surface area contributed by atoms with E-state index in [0.717, 1.165) is 40.7 Å². The smallest absolute Gasteiger partial charge is 0.238 e. The van der Waals surface area contributed by atoms with Gasteiger partial charge in [-0.15, -0.1) is 0 Å². The Hall–Kier alpha value is -3.81. The average Bonchev–Trinajstić information content (AvgIpc) is 2.85. The van der Waals surface area contributed by atoms with E-state index in [0.29, 0.717) is 18.7 Å². The third kappa shape index (κ3) is 4.21. The average molecular weight is 489 g/mol. The number of hydrogen-bond donors (Lipinski definition) is 2. The van der Waals surface area contributed by atoms with Crippen LogP contribution in [0.4, 0.5) is 5.69 Å². The van der Waals surface area contributed by atoms with Gasteiger partial charge < -0.3 is 25.4 Å². The SMILES string of the molecule is COc1cc(N[C@H](C)CCCN2C(=O)[C@H](C(N)=O)[C@H]3C[C@@]2(C)Oc2ccccc23)c2ncccc2c1. The molecule has 2 aromatic carbocycles. The molecule has 3 aromatic rings. The maximum atomic E-state index is 13.5. The van der Waals surface area contributed by atoms with E-state index in [2.05, 4.69) is 17.2 Å². The summed E-state index contributed by atoms with van der Waals surface area (Å²) in [7, 11) is 1.65. The lowest BCUT2D eigenvalue weighted by Gasteiger charge is -2.52. The van der Waals surface area contributed by atoms with Gasteiger partial charge in [-0.3, -0.25) is 14.6 Å². The summed E-state index contributed by atoms with van der Waals surface area (Å²) in [5, 5.41) is 4.55. The summed E-state index contributed by atoms with van der Waals surface area (Å²) < 4.78 is 11.8. The number of nitrogens with two attached hydrogens (primary N) is 1. The number of piperidine rings is 1. The highest BCUT2D eigenvalue weighted by molar-refractivity contribution is 6.01. The van der Waals surface area contributed by atoms with Crippen LogP contribution >= 0.6 is 0 Å². The van der Waals surface area contributed by atoms with Crippen molar-refractivity contribution in [2.45, 2.75) is 50.8 Å². The fourth-order valence-corrected chi connectivity index (χ4v) is 5.66. The van der Waals surface area contributed by atoms with Crippen LogP contribution in [-0.4, -0.2) is 47.1 Å². The molecule has 1 aromatic heterocycles. The molecular weight excluding hydrogens is 456 g/mol. The number of carbonyl (C=O) groups excluding carboxylic acids is 2. The molecule has 188 valence electrons. The molecule has 0 aliphatic carbocycles. The number of ether oxygens (including phenoxy) is 2. The van der Waals surface area contributed by atoms with Gasteiger partial charge in [0.2, 0.25) is 11.8 Å². The number of anilines is 1. The number of primary amides is 1. The molecule has 0 radical (unpaired) electrons. The molecule has 0 spiro atoms. The predicted octanol–water partition coefficient (Wildman–Crippen LogP) is 4.05. The van der Waals surface area contributed by atoms with E-state index in [1.54, 1.807) is 18.2 Å². The van der Waals surface area contributed by atoms with Gasteiger partial charge >= 0.3 is 0 Å². The van der Waals surface area contributed by atoms with Gasteiger partial charge in [0, 0.05) is 42.6 Å². The van der Waals surface area contributed by atoms with E-state index in [4.69, 9.17) is 15.2 Å². The zero-order valence-corrected chi connectivity index (χ0v) is 20.9. The molecule has 8 heteroatoms. The first-order chi connectivity index (χ1) is 17.3. The van der Waals surface area contributed by atoms with E-state index in [-0.39, 0.29) is 17.9 Å². The van der Waals surface area contributed by atoms with E-state index >= 15 is 0 Å². The van der Waals surface area contributed by atoms with Crippen LogP contribution in [0, 0.1) is 5.92 Å². The maximum absolute atomic E-state index is 13.5. The van der Waals surface area contributed by atoms with Crippen molar-refractivity contribution in [2.24, 2.45) is 11.7 Å². The van der Waals surface area contributed by atoms with Crippen molar-refractivity contribution in [3.63, 3.8) is 0 Å². The third-order valence-electron chi connectivity index (χ3n) is 7.39. The highest BCUT2D eigenvalue weighted by Crippen LogP contribution is 2.50. The second-order valence-corrected chi connectivity index (χ2v) is 9.93. The summed E-state index contributed by atoms with van der Waals surface area (Å²) in [4.78, 5) is 32.1. The number of methoxy groups -OCH3 is 1. The van der Waals surface area contributed by atoms with Crippen LogP contribution in [0.25, 0.3) is 10.9 Å². The van der Waals surface area contributed by atoms with Gasteiger partial charge in [-0.25, -0.2) is 0 Å². The Kier molecular flexibility index (Phi) is 6.20. The Labute approximate surface area is 210 Å². The molecule has 2 amide bonds. The summed E-state index contributed by atoms with van der Waals surface area (Å²) in [5.41, 5.74) is 7.59. The number of nitrogens with one attached hydrogen (secondary N) is 1. The first-order valence-electron chi connectivity index (χ1n) is 12.4. The zero-order valence-electron chi connectivity index (χ0n) is 20.9. The molecule has 36 heavy (non-hydrogen) atoms. The highest BCUT2D eigenvalue weighted by Gasteiger charge is 2.55. The summed E-state index contributed by atoms with van der Waals surface area (Å²) >= 11 is 0. The first-order valence-corrected chi connectivity index (χ1v) is 12.4. The molecule has 3 heterocycles.